The number of hydrogen-bond donors (Lipinski definition) is 0. The van der Waals surface area contributed by atoms with E-state index >= 15 is 0 Å². The Balaban J connectivity index is 2.21. The van der Waals surface area contributed by atoms with Crippen molar-refractivity contribution >= 4 is 32.3 Å². The van der Waals surface area contributed by atoms with Crippen LogP contribution in [0.5, 0.6) is 0 Å². The number of rotatable bonds is 0. The average Bonchev–Trinajstić information content (AvgIpc) is 2.92. The van der Waals surface area contributed by atoms with Crippen LogP contribution in [0.25, 0.3) is 43.4 Å². The number of aryl methyl sites for hydroxylation is 1. The third kappa shape index (κ3) is 1.34. The monoisotopic (exact) mass is 266 g/mol. The molecule has 0 saturated heterocycles. The summed E-state index contributed by atoms with van der Waals surface area (Å²) in [5, 5.41) is 8.19. The molecule has 0 heteroatoms. The van der Waals surface area contributed by atoms with Gasteiger partial charge in [0.2, 0.25) is 0 Å². The van der Waals surface area contributed by atoms with E-state index in [0.717, 1.165) is 0 Å². The minimum atomic E-state index is 1.31. The van der Waals surface area contributed by atoms with Crippen molar-refractivity contribution in [2.45, 2.75) is 6.92 Å². The van der Waals surface area contributed by atoms with Gasteiger partial charge in [0.25, 0.3) is 0 Å². The van der Waals surface area contributed by atoms with Crippen molar-refractivity contribution in [3.63, 3.8) is 0 Å². The lowest BCUT2D eigenvalue weighted by atomic mass is 9.92. The SMILES string of the molecule is Cc1ccc2ccc3ccc4cccc-4c4ccc1c2c34. The molecule has 0 atom stereocenters. The van der Waals surface area contributed by atoms with Crippen molar-refractivity contribution in [1.29, 1.82) is 0 Å². The quantitative estimate of drug-likeness (QED) is 0.322. The maximum atomic E-state index is 2.29. The first-order valence-corrected chi connectivity index (χ1v) is 7.39. The van der Waals surface area contributed by atoms with Gasteiger partial charge in [-0.3, -0.25) is 0 Å². The topological polar surface area (TPSA) is 0 Å². The van der Waals surface area contributed by atoms with Gasteiger partial charge in [0.15, 0.2) is 0 Å². The Hall–Kier alpha value is -2.60. The van der Waals surface area contributed by atoms with E-state index in [1.807, 2.05) is 0 Å². The summed E-state index contributed by atoms with van der Waals surface area (Å²) in [6, 6.07) is 24.6. The average molecular weight is 266 g/mol. The van der Waals surface area contributed by atoms with Crippen LogP contribution >= 0.6 is 0 Å². The van der Waals surface area contributed by atoms with E-state index in [-0.39, 0.29) is 0 Å². The summed E-state index contributed by atoms with van der Waals surface area (Å²) < 4.78 is 0. The van der Waals surface area contributed by atoms with Crippen molar-refractivity contribution in [2.24, 2.45) is 0 Å². The number of fused-ring (bicyclic) bond motifs is 2. The molecule has 0 spiro atoms. The summed E-state index contributed by atoms with van der Waals surface area (Å²) in [6.45, 7) is 2.20. The Morgan fingerprint density at radius 3 is 2.10 bits per heavy atom. The van der Waals surface area contributed by atoms with E-state index in [0.29, 0.717) is 0 Å². The largest absolute Gasteiger partial charge is 0.0610 e. The molecule has 0 saturated carbocycles. The van der Waals surface area contributed by atoms with E-state index in [4.69, 9.17) is 0 Å². The fourth-order valence-corrected chi connectivity index (χ4v) is 3.69. The third-order valence-corrected chi connectivity index (χ3v) is 4.75. The molecule has 0 aliphatic heterocycles. The van der Waals surface area contributed by atoms with E-state index in [9.17, 15) is 0 Å². The summed E-state index contributed by atoms with van der Waals surface area (Å²) in [7, 11) is 0. The Bertz CT molecular complexity index is 1090. The molecule has 5 rings (SSSR count). The standard InChI is InChI=1S/C21H14/c1-13-5-6-15-9-10-16-8-7-14-3-2-4-18(14)19-12-11-17(13)20(15)21(16)19/h2-12H,1H3. The van der Waals surface area contributed by atoms with Crippen LogP contribution in [0.4, 0.5) is 0 Å². The normalized spacial score (nSPS) is 12.0. The molecule has 0 unspecified atom stereocenters. The van der Waals surface area contributed by atoms with E-state index in [1.54, 1.807) is 0 Å². The molecular formula is C21H14. The lowest BCUT2D eigenvalue weighted by molar-refractivity contribution is 1.55. The van der Waals surface area contributed by atoms with Gasteiger partial charge in [0.1, 0.15) is 0 Å². The van der Waals surface area contributed by atoms with Gasteiger partial charge in [-0.25, -0.2) is 0 Å². The lowest BCUT2D eigenvalue weighted by Gasteiger charge is -2.11. The number of benzene rings is 3. The molecule has 3 aromatic rings. The molecule has 2 aliphatic rings. The molecule has 0 aromatic heterocycles. The van der Waals surface area contributed by atoms with Crippen LogP contribution in [-0.2, 0) is 0 Å². The van der Waals surface area contributed by atoms with Crippen LogP contribution < -0.4 is 0 Å². The molecule has 0 N–H and O–H groups in total. The maximum absolute atomic E-state index is 2.29. The second kappa shape index (κ2) is 3.73. The Kier molecular flexibility index (Phi) is 1.97. The van der Waals surface area contributed by atoms with Gasteiger partial charge < -0.3 is 0 Å². The van der Waals surface area contributed by atoms with Gasteiger partial charge >= 0.3 is 0 Å². The fraction of sp³-hybridized carbons (Fsp3) is 0.0476. The second-order valence-electron chi connectivity index (χ2n) is 5.90. The van der Waals surface area contributed by atoms with Crippen LogP contribution in [0.15, 0.2) is 66.7 Å². The van der Waals surface area contributed by atoms with Crippen molar-refractivity contribution in [2.75, 3.05) is 0 Å². The maximum Gasteiger partial charge on any atom is -0.00205 e. The number of hydrogen-bond acceptors (Lipinski definition) is 0. The molecule has 2 aliphatic carbocycles. The zero-order chi connectivity index (χ0) is 14.0. The smallest absolute Gasteiger partial charge is 0.00205 e. The van der Waals surface area contributed by atoms with Gasteiger partial charge in [-0.15, -0.1) is 0 Å². The molecule has 0 heterocycles. The van der Waals surface area contributed by atoms with E-state index < -0.39 is 0 Å². The summed E-state index contributed by atoms with van der Waals surface area (Å²) in [4.78, 5) is 0. The van der Waals surface area contributed by atoms with Gasteiger partial charge in [-0.1, -0.05) is 66.7 Å². The molecule has 98 valence electrons. The van der Waals surface area contributed by atoms with Crippen molar-refractivity contribution < 1.29 is 0 Å². The Morgan fingerprint density at radius 2 is 1.24 bits per heavy atom. The van der Waals surface area contributed by atoms with Gasteiger partial charge in [-0.2, -0.15) is 0 Å². The molecule has 0 radical (unpaired) electrons. The molecular weight excluding hydrogens is 252 g/mol. The minimum absolute atomic E-state index is 1.31. The van der Waals surface area contributed by atoms with Crippen LogP contribution in [0.2, 0.25) is 0 Å². The molecule has 0 amide bonds. The van der Waals surface area contributed by atoms with Gasteiger partial charge in [-0.05, 0) is 55.9 Å². The van der Waals surface area contributed by atoms with Crippen molar-refractivity contribution in [3.05, 3.63) is 72.3 Å². The summed E-state index contributed by atoms with van der Waals surface area (Å²) in [5.41, 5.74) is 4.01. The second-order valence-corrected chi connectivity index (χ2v) is 5.90. The fourth-order valence-electron chi connectivity index (χ4n) is 3.69. The Labute approximate surface area is 123 Å². The first kappa shape index (κ1) is 11.1. The van der Waals surface area contributed by atoms with Crippen LogP contribution in [0, 0.1) is 6.92 Å². The molecule has 3 aromatic carbocycles. The Morgan fingerprint density at radius 1 is 0.571 bits per heavy atom. The molecule has 0 nitrogen and oxygen atoms in total. The van der Waals surface area contributed by atoms with Crippen LogP contribution in [-0.4, -0.2) is 0 Å². The highest BCUT2D eigenvalue weighted by atomic mass is 14.2. The lowest BCUT2D eigenvalue weighted by Crippen LogP contribution is -1.84. The zero-order valence-corrected chi connectivity index (χ0v) is 11.9. The highest BCUT2D eigenvalue weighted by molar-refractivity contribution is 6.25. The highest BCUT2D eigenvalue weighted by Crippen LogP contribution is 2.40. The molecule has 21 heavy (non-hydrogen) atoms. The minimum Gasteiger partial charge on any atom is -0.0610 e. The first-order chi connectivity index (χ1) is 10.3. The summed E-state index contributed by atoms with van der Waals surface area (Å²) >= 11 is 0. The van der Waals surface area contributed by atoms with E-state index in [1.165, 1.54) is 49.0 Å². The van der Waals surface area contributed by atoms with Crippen LogP contribution in [0.3, 0.4) is 0 Å². The highest BCUT2D eigenvalue weighted by Gasteiger charge is 2.12. The van der Waals surface area contributed by atoms with Crippen LogP contribution in [0.1, 0.15) is 5.56 Å². The first-order valence-electron chi connectivity index (χ1n) is 7.39. The van der Waals surface area contributed by atoms with Gasteiger partial charge in [0, 0.05) is 0 Å². The van der Waals surface area contributed by atoms with Crippen molar-refractivity contribution in [1.82, 2.24) is 0 Å². The molecule has 0 fully saturated rings. The van der Waals surface area contributed by atoms with Gasteiger partial charge in [0.05, 0.1) is 0 Å². The van der Waals surface area contributed by atoms with E-state index in [2.05, 4.69) is 73.7 Å². The van der Waals surface area contributed by atoms with Crippen molar-refractivity contribution in [3.8, 4) is 11.1 Å². The summed E-state index contributed by atoms with van der Waals surface area (Å²) in [5.74, 6) is 0. The predicted octanol–water partition coefficient (Wildman–Crippen LogP) is 6.00. The zero-order valence-electron chi connectivity index (χ0n) is 11.9. The third-order valence-electron chi connectivity index (χ3n) is 4.75. The summed E-state index contributed by atoms with van der Waals surface area (Å²) in [6.07, 6.45) is 0. The molecule has 0 bridgehead atoms. The predicted molar refractivity (Wildman–Crippen MR) is 91.5 cm³/mol.